The maximum absolute atomic E-state index is 6.52. The van der Waals surface area contributed by atoms with Gasteiger partial charge in [-0.1, -0.05) is 29.8 Å². The van der Waals surface area contributed by atoms with Crippen LogP contribution in [0.5, 0.6) is 5.75 Å². The van der Waals surface area contributed by atoms with E-state index >= 15 is 0 Å². The molecule has 2 aromatic heterocycles. The average Bonchev–Trinajstić information content (AvgIpc) is 2.86. The Balaban J connectivity index is 2.23. The van der Waals surface area contributed by atoms with E-state index in [9.17, 15) is 0 Å². The van der Waals surface area contributed by atoms with Crippen LogP contribution in [0.25, 0.3) is 32.8 Å². The zero-order valence-corrected chi connectivity index (χ0v) is 11.5. The topological polar surface area (TPSA) is 37.9 Å². The second-order valence-electron chi connectivity index (χ2n) is 4.70. The molecule has 0 aliphatic carbocycles. The van der Waals surface area contributed by atoms with E-state index in [0.29, 0.717) is 5.02 Å². The van der Waals surface area contributed by atoms with Crippen LogP contribution in [-0.4, -0.2) is 17.1 Å². The lowest BCUT2D eigenvalue weighted by molar-refractivity contribution is 0.415. The maximum atomic E-state index is 6.52. The molecule has 0 aliphatic rings. The third kappa shape index (κ3) is 1.50. The van der Waals surface area contributed by atoms with Crippen LogP contribution in [0, 0.1) is 0 Å². The van der Waals surface area contributed by atoms with Crippen LogP contribution in [0.3, 0.4) is 0 Å². The van der Waals surface area contributed by atoms with Gasteiger partial charge in [0.25, 0.3) is 0 Å². The summed E-state index contributed by atoms with van der Waals surface area (Å²) < 4.78 is 5.28. The van der Waals surface area contributed by atoms with E-state index < -0.39 is 0 Å². The van der Waals surface area contributed by atoms with Crippen molar-refractivity contribution in [1.82, 2.24) is 9.97 Å². The lowest BCUT2D eigenvalue weighted by Gasteiger charge is -2.01. The standard InChI is InChI=1S/C16H11ClN2O/c1-20-9-6-7-13-11(8-9)15-16(19-13)14(17)10-4-2-3-5-12(10)18-15/h2-8,19H,1H3. The predicted molar refractivity (Wildman–Crippen MR) is 82.7 cm³/mol. The molecule has 0 fully saturated rings. The molecule has 98 valence electrons. The monoisotopic (exact) mass is 282 g/mol. The normalized spacial score (nSPS) is 11.5. The summed E-state index contributed by atoms with van der Waals surface area (Å²) in [6, 6.07) is 13.8. The molecule has 4 aromatic rings. The summed E-state index contributed by atoms with van der Waals surface area (Å²) in [5, 5.41) is 2.69. The smallest absolute Gasteiger partial charge is 0.119 e. The molecule has 0 saturated heterocycles. The minimum Gasteiger partial charge on any atom is -0.497 e. The number of hydrogen-bond acceptors (Lipinski definition) is 2. The second kappa shape index (κ2) is 4.12. The van der Waals surface area contributed by atoms with Crippen LogP contribution in [-0.2, 0) is 0 Å². The fraction of sp³-hybridized carbons (Fsp3) is 0.0625. The number of aromatic amines is 1. The predicted octanol–water partition coefficient (Wildman–Crippen LogP) is 4.53. The van der Waals surface area contributed by atoms with Gasteiger partial charge >= 0.3 is 0 Å². The Kier molecular flexibility index (Phi) is 2.38. The van der Waals surface area contributed by atoms with E-state index in [1.807, 2.05) is 42.5 Å². The Morgan fingerprint density at radius 1 is 1.10 bits per heavy atom. The molecule has 4 rings (SSSR count). The first kappa shape index (κ1) is 11.6. The van der Waals surface area contributed by atoms with Crippen molar-refractivity contribution in [1.29, 1.82) is 0 Å². The molecule has 20 heavy (non-hydrogen) atoms. The van der Waals surface area contributed by atoms with Gasteiger partial charge in [-0.25, -0.2) is 4.98 Å². The lowest BCUT2D eigenvalue weighted by atomic mass is 10.1. The SMILES string of the molecule is COc1ccc2[nH]c3c(Cl)c4ccccc4nc3c2c1. The molecule has 0 unspecified atom stereocenters. The first-order valence-electron chi connectivity index (χ1n) is 6.31. The molecule has 0 aliphatic heterocycles. The van der Waals surface area contributed by atoms with Crippen molar-refractivity contribution in [3.05, 3.63) is 47.5 Å². The first-order chi connectivity index (χ1) is 9.78. The Hall–Kier alpha value is -2.26. The fourth-order valence-electron chi connectivity index (χ4n) is 2.57. The van der Waals surface area contributed by atoms with Gasteiger partial charge in [0, 0.05) is 16.3 Å². The molecule has 0 atom stereocenters. The molecule has 1 N–H and O–H groups in total. The Labute approximate surface area is 120 Å². The molecule has 0 radical (unpaired) electrons. The van der Waals surface area contributed by atoms with Crippen LogP contribution in [0.1, 0.15) is 0 Å². The van der Waals surface area contributed by atoms with E-state index in [0.717, 1.165) is 38.6 Å². The zero-order valence-electron chi connectivity index (χ0n) is 10.8. The average molecular weight is 283 g/mol. The van der Waals surface area contributed by atoms with Crippen molar-refractivity contribution >= 4 is 44.4 Å². The van der Waals surface area contributed by atoms with Gasteiger partial charge in [-0.15, -0.1) is 0 Å². The molecule has 2 aromatic carbocycles. The Bertz CT molecular complexity index is 959. The number of para-hydroxylation sites is 1. The van der Waals surface area contributed by atoms with Crippen molar-refractivity contribution in [3.8, 4) is 5.75 Å². The summed E-state index contributed by atoms with van der Waals surface area (Å²) in [6.45, 7) is 0. The highest BCUT2D eigenvalue weighted by atomic mass is 35.5. The van der Waals surface area contributed by atoms with Crippen molar-refractivity contribution in [3.63, 3.8) is 0 Å². The molecule has 0 saturated carbocycles. The Morgan fingerprint density at radius 2 is 1.95 bits per heavy atom. The number of H-pyrrole nitrogens is 1. The third-order valence-electron chi connectivity index (χ3n) is 3.57. The number of pyridine rings is 1. The number of benzene rings is 2. The number of ether oxygens (including phenoxy) is 1. The van der Waals surface area contributed by atoms with E-state index in [1.54, 1.807) is 7.11 Å². The Morgan fingerprint density at radius 3 is 2.80 bits per heavy atom. The highest BCUT2D eigenvalue weighted by Gasteiger charge is 2.12. The van der Waals surface area contributed by atoms with Crippen LogP contribution in [0.15, 0.2) is 42.5 Å². The largest absolute Gasteiger partial charge is 0.497 e. The number of nitrogens with zero attached hydrogens (tertiary/aromatic N) is 1. The number of halogens is 1. The molecule has 2 heterocycles. The number of fused-ring (bicyclic) bond motifs is 4. The molecule has 3 nitrogen and oxygen atoms in total. The quantitative estimate of drug-likeness (QED) is 0.557. The maximum Gasteiger partial charge on any atom is 0.119 e. The van der Waals surface area contributed by atoms with Gasteiger partial charge < -0.3 is 9.72 Å². The highest BCUT2D eigenvalue weighted by molar-refractivity contribution is 6.40. The molecule has 0 spiro atoms. The van der Waals surface area contributed by atoms with Crippen LogP contribution < -0.4 is 4.74 Å². The summed E-state index contributed by atoms with van der Waals surface area (Å²) in [4.78, 5) is 8.07. The van der Waals surface area contributed by atoms with Crippen LogP contribution in [0.4, 0.5) is 0 Å². The third-order valence-corrected chi connectivity index (χ3v) is 3.96. The molecule has 0 bridgehead atoms. The minimum absolute atomic E-state index is 0.709. The van der Waals surface area contributed by atoms with Gasteiger partial charge in [-0.3, -0.25) is 0 Å². The minimum atomic E-state index is 0.709. The van der Waals surface area contributed by atoms with Crippen molar-refractivity contribution in [2.24, 2.45) is 0 Å². The van der Waals surface area contributed by atoms with Crippen molar-refractivity contribution < 1.29 is 4.74 Å². The van der Waals surface area contributed by atoms with Crippen molar-refractivity contribution in [2.45, 2.75) is 0 Å². The number of nitrogens with one attached hydrogen (secondary N) is 1. The number of rotatable bonds is 1. The van der Waals surface area contributed by atoms with Gasteiger partial charge in [0.1, 0.15) is 5.75 Å². The van der Waals surface area contributed by atoms with E-state index in [4.69, 9.17) is 21.3 Å². The number of methoxy groups -OCH3 is 1. The summed E-state index contributed by atoms with van der Waals surface area (Å²) in [5.41, 5.74) is 3.65. The number of aromatic nitrogens is 2. The summed E-state index contributed by atoms with van der Waals surface area (Å²) in [7, 11) is 1.66. The summed E-state index contributed by atoms with van der Waals surface area (Å²) >= 11 is 6.52. The van der Waals surface area contributed by atoms with E-state index in [-0.39, 0.29) is 0 Å². The second-order valence-corrected chi connectivity index (χ2v) is 5.08. The van der Waals surface area contributed by atoms with Gasteiger partial charge in [0.15, 0.2) is 0 Å². The summed E-state index contributed by atoms with van der Waals surface area (Å²) in [6.07, 6.45) is 0. The number of hydrogen-bond donors (Lipinski definition) is 1. The van der Waals surface area contributed by atoms with E-state index in [1.165, 1.54) is 0 Å². The van der Waals surface area contributed by atoms with Crippen LogP contribution >= 0.6 is 11.6 Å². The molecular weight excluding hydrogens is 272 g/mol. The highest BCUT2D eigenvalue weighted by Crippen LogP contribution is 2.35. The lowest BCUT2D eigenvalue weighted by Crippen LogP contribution is -1.83. The van der Waals surface area contributed by atoms with Gasteiger partial charge in [-0.2, -0.15) is 0 Å². The zero-order chi connectivity index (χ0) is 13.7. The molecule has 0 amide bonds. The fourth-order valence-corrected chi connectivity index (χ4v) is 2.87. The summed E-state index contributed by atoms with van der Waals surface area (Å²) in [5.74, 6) is 0.810. The van der Waals surface area contributed by atoms with Gasteiger partial charge in [0.05, 0.1) is 28.7 Å². The van der Waals surface area contributed by atoms with Gasteiger partial charge in [-0.05, 0) is 24.3 Å². The molecule has 4 heteroatoms. The first-order valence-corrected chi connectivity index (χ1v) is 6.69. The van der Waals surface area contributed by atoms with Gasteiger partial charge in [0.2, 0.25) is 0 Å². The van der Waals surface area contributed by atoms with Crippen molar-refractivity contribution in [2.75, 3.05) is 7.11 Å². The van der Waals surface area contributed by atoms with E-state index in [2.05, 4.69) is 4.98 Å². The van der Waals surface area contributed by atoms with Crippen LogP contribution in [0.2, 0.25) is 5.02 Å². The molecular formula is C16H11ClN2O.